The fourth-order valence-electron chi connectivity index (χ4n) is 1.62. The van der Waals surface area contributed by atoms with Crippen LogP contribution in [0, 0.1) is 6.92 Å². The SMILES string of the molecule is CNCCc1cc(C)ccc1C(C)(F)F. The van der Waals surface area contributed by atoms with Gasteiger partial charge >= 0.3 is 0 Å². The first-order valence-electron chi connectivity index (χ1n) is 5.07. The molecule has 1 N–H and O–H groups in total. The predicted molar refractivity (Wildman–Crippen MR) is 58.4 cm³/mol. The third-order valence-corrected chi connectivity index (χ3v) is 2.38. The Morgan fingerprint density at radius 1 is 1.33 bits per heavy atom. The number of benzene rings is 1. The van der Waals surface area contributed by atoms with E-state index in [1.165, 1.54) is 6.07 Å². The van der Waals surface area contributed by atoms with Crippen LogP contribution in [-0.2, 0) is 12.3 Å². The minimum absolute atomic E-state index is 0.142. The smallest absolute Gasteiger partial charge is 0.270 e. The normalized spacial score (nSPS) is 11.8. The van der Waals surface area contributed by atoms with Gasteiger partial charge in [0.2, 0.25) is 0 Å². The Balaban J connectivity index is 3.03. The summed E-state index contributed by atoms with van der Waals surface area (Å²) < 4.78 is 26.5. The van der Waals surface area contributed by atoms with Gasteiger partial charge in [-0.25, -0.2) is 8.78 Å². The fraction of sp³-hybridized carbons (Fsp3) is 0.500. The largest absolute Gasteiger partial charge is 0.319 e. The minimum atomic E-state index is -2.75. The molecule has 0 aliphatic heterocycles. The molecule has 0 saturated carbocycles. The zero-order valence-corrected chi connectivity index (χ0v) is 9.40. The second kappa shape index (κ2) is 4.71. The van der Waals surface area contributed by atoms with Gasteiger partial charge in [-0.15, -0.1) is 0 Å². The summed E-state index contributed by atoms with van der Waals surface area (Å²) in [4.78, 5) is 0. The third-order valence-electron chi connectivity index (χ3n) is 2.38. The van der Waals surface area contributed by atoms with Crippen LogP contribution in [0.25, 0.3) is 0 Å². The van der Waals surface area contributed by atoms with Crippen LogP contribution in [0.1, 0.15) is 23.6 Å². The highest BCUT2D eigenvalue weighted by Gasteiger charge is 2.26. The molecule has 0 atom stereocenters. The second-order valence-corrected chi connectivity index (χ2v) is 3.90. The maximum absolute atomic E-state index is 13.3. The molecule has 1 aromatic carbocycles. The fourth-order valence-corrected chi connectivity index (χ4v) is 1.62. The summed E-state index contributed by atoms with van der Waals surface area (Å²) in [5.74, 6) is -2.75. The Morgan fingerprint density at radius 2 is 2.00 bits per heavy atom. The second-order valence-electron chi connectivity index (χ2n) is 3.90. The van der Waals surface area contributed by atoms with Gasteiger partial charge in [-0.2, -0.15) is 0 Å². The van der Waals surface area contributed by atoms with Crippen LogP contribution in [0.3, 0.4) is 0 Å². The van der Waals surface area contributed by atoms with E-state index in [1.807, 2.05) is 20.0 Å². The Labute approximate surface area is 89.5 Å². The summed E-state index contributed by atoms with van der Waals surface area (Å²) in [7, 11) is 1.82. The van der Waals surface area contributed by atoms with Crippen molar-refractivity contribution >= 4 is 0 Å². The Morgan fingerprint density at radius 3 is 2.53 bits per heavy atom. The maximum Gasteiger partial charge on any atom is 0.270 e. The van der Waals surface area contributed by atoms with Gasteiger partial charge in [-0.3, -0.25) is 0 Å². The first-order chi connectivity index (χ1) is 6.95. The van der Waals surface area contributed by atoms with E-state index in [9.17, 15) is 8.78 Å². The summed E-state index contributed by atoms with van der Waals surface area (Å²) in [5.41, 5.74) is 1.90. The van der Waals surface area contributed by atoms with Crippen molar-refractivity contribution in [1.29, 1.82) is 0 Å². The molecular formula is C12H17F2N. The first kappa shape index (κ1) is 12.1. The van der Waals surface area contributed by atoms with E-state index in [4.69, 9.17) is 0 Å². The zero-order chi connectivity index (χ0) is 11.5. The highest BCUT2D eigenvalue weighted by molar-refractivity contribution is 5.34. The Hall–Kier alpha value is -0.960. The van der Waals surface area contributed by atoms with E-state index in [-0.39, 0.29) is 5.56 Å². The van der Waals surface area contributed by atoms with Gasteiger partial charge in [-0.05, 0) is 32.5 Å². The van der Waals surface area contributed by atoms with E-state index < -0.39 is 5.92 Å². The van der Waals surface area contributed by atoms with Gasteiger partial charge < -0.3 is 5.32 Å². The monoisotopic (exact) mass is 213 g/mol. The van der Waals surface area contributed by atoms with Crippen molar-refractivity contribution in [2.75, 3.05) is 13.6 Å². The molecule has 1 nitrogen and oxygen atoms in total. The Bertz CT molecular complexity index is 329. The summed E-state index contributed by atoms with van der Waals surface area (Å²) >= 11 is 0. The molecule has 0 aliphatic rings. The van der Waals surface area contributed by atoms with Crippen LogP contribution in [0.15, 0.2) is 18.2 Å². The number of hydrogen-bond acceptors (Lipinski definition) is 1. The van der Waals surface area contributed by atoms with Gasteiger partial charge in [0.05, 0.1) is 0 Å². The maximum atomic E-state index is 13.3. The number of hydrogen-bond donors (Lipinski definition) is 1. The number of nitrogens with one attached hydrogen (secondary N) is 1. The number of likely N-dealkylation sites (N-methyl/N-ethyl adjacent to an activating group) is 1. The van der Waals surface area contributed by atoms with Crippen LogP contribution in [-0.4, -0.2) is 13.6 Å². The molecule has 0 unspecified atom stereocenters. The lowest BCUT2D eigenvalue weighted by molar-refractivity contribution is 0.0165. The van der Waals surface area contributed by atoms with Crippen molar-refractivity contribution in [2.24, 2.45) is 0 Å². The highest BCUT2D eigenvalue weighted by Crippen LogP contribution is 2.30. The van der Waals surface area contributed by atoms with Crippen LogP contribution >= 0.6 is 0 Å². The third kappa shape index (κ3) is 3.27. The average molecular weight is 213 g/mol. The lowest BCUT2D eigenvalue weighted by atomic mass is 9.98. The van der Waals surface area contributed by atoms with E-state index in [0.717, 1.165) is 18.1 Å². The molecule has 84 valence electrons. The quantitative estimate of drug-likeness (QED) is 0.811. The molecule has 0 spiro atoms. The van der Waals surface area contributed by atoms with E-state index >= 15 is 0 Å². The molecule has 0 radical (unpaired) electrons. The Kier molecular flexibility index (Phi) is 3.80. The average Bonchev–Trinajstić information content (AvgIpc) is 2.12. The van der Waals surface area contributed by atoms with E-state index in [2.05, 4.69) is 5.32 Å². The molecule has 0 amide bonds. The lowest BCUT2D eigenvalue weighted by Gasteiger charge is -2.16. The molecular weight excluding hydrogens is 196 g/mol. The number of halogens is 2. The number of rotatable bonds is 4. The summed E-state index contributed by atoms with van der Waals surface area (Å²) in [6.07, 6.45) is 0.636. The number of alkyl halides is 2. The van der Waals surface area contributed by atoms with Gasteiger partial charge in [0, 0.05) is 12.5 Å². The summed E-state index contributed by atoms with van der Waals surface area (Å²) in [6, 6.07) is 5.10. The zero-order valence-electron chi connectivity index (χ0n) is 9.40. The molecule has 0 fully saturated rings. The summed E-state index contributed by atoms with van der Waals surface area (Å²) in [5, 5.41) is 2.97. The van der Waals surface area contributed by atoms with Gasteiger partial charge in [0.15, 0.2) is 0 Å². The molecule has 0 saturated heterocycles. The van der Waals surface area contributed by atoms with E-state index in [0.29, 0.717) is 13.0 Å². The summed E-state index contributed by atoms with van der Waals surface area (Å²) in [6.45, 7) is 3.58. The first-order valence-corrected chi connectivity index (χ1v) is 5.07. The minimum Gasteiger partial charge on any atom is -0.319 e. The molecule has 0 bridgehead atoms. The molecule has 0 aromatic heterocycles. The van der Waals surface area contributed by atoms with Crippen molar-refractivity contribution in [1.82, 2.24) is 5.32 Å². The molecule has 1 aromatic rings. The topological polar surface area (TPSA) is 12.0 Å². The van der Waals surface area contributed by atoms with Crippen molar-refractivity contribution < 1.29 is 8.78 Å². The van der Waals surface area contributed by atoms with Crippen LogP contribution in [0.2, 0.25) is 0 Å². The molecule has 3 heteroatoms. The van der Waals surface area contributed by atoms with Crippen molar-refractivity contribution in [3.05, 3.63) is 34.9 Å². The highest BCUT2D eigenvalue weighted by atomic mass is 19.3. The van der Waals surface area contributed by atoms with Crippen molar-refractivity contribution in [3.63, 3.8) is 0 Å². The van der Waals surface area contributed by atoms with Crippen LogP contribution in [0.4, 0.5) is 8.78 Å². The van der Waals surface area contributed by atoms with Crippen molar-refractivity contribution in [2.45, 2.75) is 26.2 Å². The van der Waals surface area contributed by atoms with Gasteiger partial charge in [-0.1, -0.05) is 23.8 Å². The van der Waals surface area contributed by atoms with Crippen molar-refractivity contribution in [3.8, 4) is 0 Å². The van der Waals surface area contributed by atoms with Crippen LogP contribution in [0.5, 0.6) is 0 Å². The van der Waals surface area contributed by atoms with E-state index in [1.54, 1.807) is 6.07 Å². The molecule has 1 rings (SSSR count). The van der Waals surface area contributed by atoms with Gasteiger partial charge in [0.1, 0.15) is 0 Å². The molecule has 15 heavy (non-hydrogen) atoms. The number of aryl methyl sites for hydroxylation is 1. The predicted octanol–water partition coefficient (Wildman–Crippen LogP) is 2.87. The lowest BCUT2D eigenvalue weighted by Crippen LogP contribution is -2.16. The molecule has 0 aliphatic carbocycles. The standard InChI is InChI=1S/C12H17F2N/c1-9-4-5-11(12(2,13)14)10(8-9)6-7-15-3/h4-5,8,15H,6-7H2,1-3H3. The van der Waals surface area contributed by atoms with Gasteiger partial charge in [0.25, 0.3) is 5.92 Å². The van der Waals surface area contributed by atoms with Crippen LogP contribution < -0.4 is 5.32 Å². The molecule has 0 heterocycles.